The summed E-state index contributed by atoms with van der Waals surface area (Å²) in [6, 6.07) is 3.47. The summed E-state index contributed by atoms with van der Waals surface area (Å²) < 4.78 is 5.06. The standard InChI is InChI=1S/C9H13ClN2O/c1-3-12-8-5-9(13-2)7(11)4-6(8)10/h4-5,12H,3,11H2,1-2H3. The molecule has 13 heavy (non-hydrogen) atoms. The molecule has 4 heteroatoms. The number of halogens is 1. The van der Waals surface area contributed by atoms with Crippen molar-refractivity contribution in [3.63, 3.8) is 0 Å². The molecule has 0 atom stereocenters. The summed E-state index contributed by atoms with van der Waals surface area (Å²) in [5, 5.41) is 3.72. The molecule has 1 aromatic carbocycles. The quantitative estimate of drug-likeness (QED) is 0.737. The molecule has 0 bridgehead atoms. The van der Waals surface area contributed by atoms with E-state index in [2.05, 4.69) is 5.32 Å². The second-order valence-electron chi connectivity index (χ2n) is 2.60. The molecule has 0 saturated carbocycles. The van der Waals surface area contributed by atoms with Crippen molar-refractivity contribution >= 4 is 23.0 Å². The largest absolute Gasteiger partial charge is 0.495 e. The van der Waals surface area contributed by atoms with Crippen LogP contribution in [0.3, 0.4) is 0 Å². The molecule has 72 valence electrons. The number of methoxy groups -OCH3 is 1. The molecule has 0 heterocycles. The van der Waals surface area contributed by atoms with Gasteiger partial charge in [-0.2, -0.15) is 0 Å². The van der Waals surface area contributed by atoms with Gasteiger partial charge in [-0.3, -0.25) is 0 Å². The SMILES string of the molecule is CCNc1cc(OC)c(N)cc1Cl. The average molecular weight is 201 g/mol. The van der Waals surface area contributed by atoms with Crippen LogP contribution in [0.1, 0.15) is 6.92 Å². The van der Waals surface area contributed by atoms with Crippen molar-refractivity contribution in [2.24, 2.45) is 0 Å². The lowest BCUT2D eigenvalue weighted by atomic mass is 10.2. The van der Waals surface area contributed by atoms with Gasteiger partial charge in [0, 0.05) is 12.6 Å². The van der Waals surface area contributed by atoms with Gasteiger partial charge in [0.15, 0.2) is 0 Å². The molecule has 0 fully saturated rings. The highest BCUT2D eigenvalue weighted by molar-refractivity contribution is 6.33. The second-order valence-corrected chi connectivity index (χ2v) is 3.01. The number of hydrogen-bond acceptors (Lipinski definition) is 3. The Morgan fingerprint density at radius 3 is 2.77 bits per heavy atom. The maximum Gasteiger partial charge on any atom is 0.143 e. The smallest absolute Gasteiger partial charge is 0.143 e. The van der Waals surface area contributed by atoms with Crippen molar-refractivity contribution in [1.82, 2.24) is 0 Å². The minimum absolute atomic E-state index is 0.550. The molecule has 0 aliphatic rings. The van der Waals surface area contributed by atoms with Crippen molar-refractivity contribution in [3.05, 3.63) is 17.2 Å². The molecule has 0 radical (unpaired) electrons. The second kappa shape index (κ2) is 4.23. The topological polar surface area (TPSA) is 47.3 Å². The van der Waals surface area contributed by atoms with E-state index in [4.69, 9.17) is 22.1 Å². The first-order valence-corrected chi connectivity index (χ1v) is 4.43. The Bertz CT molecular complexity index is 302. The molecule has 0 unspecified atom stereocenters. The summed E-state index contributed by atoms with van der Waals surface area (Å²) in [5.74, 6) is 0.639. The Hall–Kier alpha value is -1.09. The van der Waals surface area contributed by atoms with Crippen LogP contribution in [0.5, 0.6) is 5.75 Å². The van der Waals surface area contributed by atoms with Crippen molar-refractivity contribution in [2.45, 2.75) is 6.92 Å². The molecule has 0 aromatic heterocycles. The monoisotopic (exact) mass is 200 g/mol. The van der Waals surface area contributed by atoms with Gasteiger partial charge in [0.1, 0.15) is 5.75 Å². The Morgan fingerprint density at radius 2 is 2.23 bits per heavy atom. The van der Waals surface area contributed by atoms with Crippen LogP contribution in [0.2, 0.25) is 5.02 Å². The molecule has 0 amide bonds. The highest BCUT2D eigenvalue weighted by Gasteiger charge is 2.05. The van der Waals surface area contributed by atoms with E-state index in [1.165, 1.54) is 0 Å². The van der Waals surface area contributed by atoms with Gasteiger partial charge in [-0.15, -0.1) is 0 Å². The van der Waals surface area contributed by atoms with Gasteiger partial charge in [0.05, 0.1) is 23.5 Å². The first kappa shape index (κ1) is 9.99. The van der Waals surface area contributed by atoms with Gasteiger partial charge in [0.2, 0.25) is 0 Å². The van der Waals surface area contributed by atoms with Crippen LogP contribution in [0.15, 0.2) is 12.1 Å². The predicted molar refractivity (Wildman–Crippen MR) is 56.6 cm³/mol. The minimum atomic E-state index is 0.550. The number of nitrogens with one attached hydrogen (secondary N) is 1. The molecule has 0 saturated heterocycles. The minimum Gasteiger partial charge on any atom is -0.495 e. The zero-order chi connectivity index (χ0) is 9.84. The summed E-state index contributed by atoms with van der Waals surface area (Å²) in [4.78, 5) is 0. The normalized spacial score (nSPS) is 9.77. The van der Waals surface area contributed by atoms with Crippen molar-refractivity contribution in [1.29, 1.82) is 0 Å². The van der Waals surface area contributed by atoms with Gasteiger partial charge in [-0.05, 0) is 13.0 Å². The van der Waals surface area contributed by atoms with E-state index in [9.17, 15) is 0 Å². The van der Waals surface area contributed by atoms with Gasteiger partial charge < -0.3 is 15.8 Å². The van der Waals surface area contributed by atoms with Gasteiger partial charge >= 0.3 is 0 Å². The van der Waals surface area contributed by atoms with Crippen molar-refractivity contribution < 1.29 is 4.74 Å². The Kier molecular flexibility index (Phi) is 3.25. The number of nitrogen functional groups attached to an aromatic ring is 1. The Morgan fingerprint density at radius 1 is 1.54 bits per heavy atom. The molecule has 0 aliphatic carbocycles. The molecule has 0 spiro atoms. The molecule has 1 rings (SSSR count). The van der Waals surface area contributed by atoms with Crippen LogP contribution >= 0.6 is 11.6 Å². The molecule has 1 aromatic rings. The molecular weight excluding hydrogens is 188 g/mol. The summed E-state index contributed by atoms with van der Waals surface area (Å²) in [6.07, 6.45) is 0. The molecular formula is C9H13ClN2O. The fourth-order valence-corrected chi connectivity index (χ4v) is 1.31. The van der Waals surface area contributed by atoms with Gasteiger partial charge in [-0.1, -0.05) is 11.6 Å². The first-order chi connectivity index (χ1) is 6.19. The van der Waals surface area contributed by atoms with Crippen molar-refractivity contribution in [3.8, 4) is 5.75 Å². The van der Waals surface area contributed by atoms with E-state index in [0.29, 0.717) is 16.5 Å². The summed E-state index contributed by atoms with van der Waals surface area (Å²) in [5.41, 5.74) is 7.05. The summed E-state index contributed by atoms with van der Waals surface area (Å²) >= 11 is 5.94. The third-order valence-corrected chi connectivity index (χ3v) is 2.00. The number of benzene rings is 1. The van der Waals surface area contributed by atoms with Crippen LogP contribution in [0.25, 0.3) is 0 Å². The van der Waals surface area contributed by atoms with Crippen LogP contribution in [-0.2, 0) is 0 Å². The van der Waals surface area contributed by atoms with Crippen molar-refractivity contribution in [2.75, 3.05) is 24.7 Å². The predicted octanol–water partition coefficient (Wildman–Crippen LogP) is 2.36. The highest BCUT2D eigenvalue weighted by Crippen LogP contribution is 2.32. The number of ether oxygens (including phenoxy) is 1. The summed E-state index contributed by atoms with van der Waals surface area (Å²) in [6.45, 7) is 2.81. The fraction of sp³-hybridized carbons (Fsp3) is 0.333. The molecule has 0 aliphatic heterocycles. The van der Waals surface area contributed by atoms with Crippen LogP contribution < -0.4 is 15.8 Å². The Balaban J connectivity index is 3.06. The van der Waals surface area contributed by atoms with E-state index >= 15 is 0 Å². The lowest BCUT2D eigenvalue weighted by Crippen LogP contribution is -1.99. The average Bonchev–Trinajstić information content (AvgIpc) is 2.10. The van der Waals surface area contributed by atoms with E-state index in [1.807, 2.05) is 6.92 Å². The number of anilines is 2. The molecule has 3 nitrogen and oxygen atoms in total. The van der Waals surface area contributed by atoms with E-state index in [-0.39, 0.29) is 0 Å². The zero-order valence-electron chi connectivity index (χ0n) is 7.73. The third kappa shape index (κ3) is 2.18. The Labute approximate surface area is 82.8 Å². The van der Waals surface area contributed by atoms with Gasteiger partial charge in [0.25, 0.3) is 0 Å². The number of hydrogen-bond donors (Lipinski definition) is 2. The van der Waals surface area contributed by atoms with Crippen LogP contribution in [0, 0.1) is 0 Å². The maximum atomic E-state index is 5.94. The zero-order valence-corrected chi connectivity index (χ0v) is 8.48. The van der Waals surface area contributed by atoms with Gasteiger partial charge in [-0.25, -0.2) is 0 Å². The third-order valence-electron chi connectivity index (χ3n) is 1.69. The van der Waals surface area contributed by atoms with E-state index < -0.39 is 0 Å². The maximum absolute atomic E-state index is 5.94. The first-order valence-electron chi connectivity index (χ1n) is 4.06. The summed E-state index contributed by atoms with van der Waals surface area (Å²) in [7, 11) is 1.58. The fourth-order valence-electron chi connectivity index (χ4n) is 1.07. The number of rotatable bonds is 3. The molecule has 3 N–H and O–H groups in total. The highest BCUT2D eigenvalue weighted by atomic mass is 35.5. The number of nitrogens with two attached hydrogens (primary N) is 1. The lowest BCUT2D eigenvalue weighted by Gasteiger charge is -2.10. The van der Waals surface area contributed by atoms with E-state index in [0.717, 1.165) is 12.2 Å². The van der Waals surface area contributed by atoms with E-state index in [1.54, 1.807) is 19.2 Å². The van der Waals surface area contributed by atoms with Crippen LogP contribution in [-0.4, -0.2) is 13.7 Å². The lowest BCUT2D eigenvalue weighted by molar-refractivity contribution is 0.417. The van der Waals surface area contributed by atoms with Crippen LogP contribution in [0.4, 0.5) is 11.4 Å².